The van der Waals surface area contributed by atoms with Gasteiger partial charge in [-0.2, -0.15) is 0 Å². The summed E-state index contributed by atoms with van der Waals surface area (Å²) in [6, 6.07) is 15.8. The van der Waals surface area contributed by atoms with Gasteiger partial charge in [0.15, 0.2) is 0 Å². The minimum Gasteiger partial charge on any atom is -0.321 e. The minimum atomic E-state index is -0.162. The Balaban J connectivity index is 1.59. The van der Waals surface area contributed by atoms with Crippen molar-refractivity contribution in [3.8, 4) is 10.6 Å². The summed E-state index contributed by atoms with van der Waals surface area (Å²) in [6.07, 6.45) is 1.68. The number of rotatable bonds is 5. The number of thiazole rings is 1. The molecule has 0 saturated heterocycles. The van der Waals surface area contributed by atoms with E-state index in [1.807, 2.05) is 42.5 Å². The van der Waals surface area contributed by atoms with Gasteiger partial charge in [0.25, 0.3) is 5.91 Å². The number of carbonyl (C=O) groups excluding carboxylic acids is 1. The summed E-state index contributed by atoms with van der Waals surface area (Å²) in [4.78, 5) is 17.8. The van der Waals surface area contributed by atoms with E-state index in [1.54, 1.807) is 11.3 Å². The van der Waals surface area contributed by atoms with Crippen LogP contribution in [-0.4, -0.2) is 20.5 Å². The molecule has 0 aliphatic rings. The zero-order valence-electron chi connectivity index (χ0n) is 14.1. The van der Waals surface area contributed by atoms with Gasteiger partial charge in [0, 0.05) is 11.3 Å². The van der Waals surface area contributed by atoms with Crippen LogP contribution in [0.4, 0.5) is 5.69 Å². The van der Waals surface area contributed by atoms with Crippen LogP contribution < -0.4 is 5.32 Å². The molecule has 4 rings (SSSR count). The van der Waals surface area contributed by atoms with Crippen LogP contribution in [0.1, 0.15) is 28.7 Å². The second kappa shape index (κ2) is 7.31. The third kappa shape index (κ3) is 3.36. The number of carbonyl (C=O) groups is 1. The highest BCUT2D eigenvalue weighted by atomic mass is 32.1. The predicted molar refractivity (Wildman–Crippen MR) is 107 cm³/mol. The first-order valence-corrected chi connectivity index (χ1v) is 9.92. The summed E-state index contributed by atoms with van der Waals surface area (Å²) in [6.45, 7) is 2.06. The zero-order chi connectivity index (χ0) is 17.9. The van der Waals surface area contributed by atoms with Crippen molar-refractivity contribution in [3.63, 3.8) is 0 Å². The van der Waals surface area contributed by atoms with Crippen molar-refractivity contribution in [1.29, 1.82) is 0 Å². The van der Waals surface area contributed by atoms with E-state index in [0.29, 0.717) is 4.88 Å². The number of aryl methyl sites for hydroxylation is 1. The van der Waals surface area contributed by atoms with Gasteiger partial charge in [0.2, 0.25) is 0 Å². The molecule has 0 radical (unpaired) electrons. The number of fused-ring (bicyclic) bond motifs is 1. The molecule has 7 heteroatoms. The van der Waals surface area contributed by atoms with Crippen molar-refractivity contribution in [2.24, 2.45) is 0 Å². The average molecular weight is 380 g/mol. The molecule has 0 unspecified atom stereocenters. The van der Waals surface area contributed by atoms with Gasteiger partial charge in [-0.05, 0) is 42.2 Å². The van der Waals surface area contributed by atoms with Crippen LogP contribution in [0.3, 0.4) is 0 Å². The molecule has 2 aromatic heterocycles. The Morgan fingerprint density at radius 3 is 2.88 bits per heavy atom. The molecule has 1 N–H and O–H groups in total. The van der Waals surface area contributed by atoms with Gasteiger partial charge in [0.05, 0.1) is 15.9 Å². The summed E-state index contributed by atoms with van der Waals surface area (Å²) >= 11 is 2.78. The second-order valence-electron chi connectivity index (χ2n) is 5.82. The first kappa shape index (κ1) is 16.8. The van der Waals surface area contributed by atoms with Gasteiger partial charge in [0.1, 0.15) is 9.88 Å². The first-order chi connectivity index (χ1) is 12.7. The van der Waals surface area contributed by atoms with Gasteiger partial charge in [-0.15, -0.1) is 16.4 Å². The maximum atomic E-state index is 12.6. The van der Waals surface area contributed by atoms with Crippen LogP contribution in [0, 0.1) is 0 Å². The SMILES string of the molecule is CCCc1nnsc1C(=O)Nc1cccc(-c2nc3ccccc3s2)c1. The van der Waals surface area contributed by atoms with Crippen LogP contribution in [0.2, 0.25) is 0 Å². The number of nitrogens with one attached hydrogen (secondary N) is 1. The van der Waals surface area contributed by atoms with E-state index >= 15 is 0 Å². The molecule has 0 bridgehead atoms. The topological polar surface area (TPSA) is 67.8 Å². The molecule has 2 aromatic carbocycles. The van der Waals surface area contributed by atoms with Crippen molar-refractivity contribution in [3.05, 3.63) is 59.1 Å². The molecule has 4 aromatic rings. The summed E-state index contributed by atoms with van der Waals surface area (Å²) in [5, 5.41) is 7.95. The van der Waals surface area contributed by atoms with E-state index in [9.17, 15) is 4.79 Å². The van der Waals surface area contributed by atoms with Crippen LogP contribution in [-0.2, 0) is 6.42 Å². The predicted octanol–water partition coefficient (Wildman–Crippen LogP) is 5.02. The van der Waals surface area contributed by atoms with Crippen LogP contribution >= 0.6 is 22.9 Å². The van der Waals surface area contributed by atoms with E-state index in [2.05, 4.69) is 32.9 Å². The normalized spacial score (nSPS) is 11.0. The highest BCUT2D eigenvalue weighted by Crippen LogP contribution is 2.31. The number of aromatic nitrogens is 3. The number of para-hydroxylation sites is 1. The summed E-state index contributed by atoms with van der Waals surface area (Å²) in [5.41, 5.74) is 3.47. The molecule has 2 heterocycles. The molecule has 26 heavy (non-hydrogen) atoms. The number of anilines is 1. The Kier molecular flexibility index (Phi) is 4.73. The van der Waals surface area contributed by atoms with Crippen molar-refractivity contribution >= 4 is 44.7 Å². The van der Waals surface area contributed by atoms with Gasteiger partial charge < -0.3 is 5.32 Å². The molecule has 0 aliphatic heterocycles. The van der Waals surface area contributed by atoms with Crippen LogP contribution in [0.5, 0.6) is 0 Å². The molecule has 0 aliphatic carbocycles. The lowest BCUT2D eigenvalue weighted by atomic mass is 10.2. The number of hydrogen-bond acceptors (Lipinski definition) is 6. The van der Waals surface area contributed by atoms with Crippen molar-refractivity contribution < 1.29 is 4.79 Å². The lowest BCUT2D eigenvalue weighted by Crippen LogP contribution is -2.12. The zero-order valence-corrected chi connectivity index (χ0v) is 15.7. The standard InChI is InChI=1S/C19H16N4OS2/c1-2-6-15-17(26-23-22-15)18(24)20-13-8-5-7-12(11-13)19-21-14-9-3-4-10-16(14)25-19/h3-5,7-11H,2,6H2,1H3,(H,20,24). The maximum absolute atomic E-state index is 12.6. The molecule has 0 spiro atoms. The fraction of sp³-hybridized carbons (Fsp3) is 0.158. The molecule has 0 atom stereocenters. The second-order valence-corrected chi connectivity index (χ2v) is 7.61. The van der Waals surface area contributed by atoms with E-state index in [4.69, 9.17) is 0 Å². The molecule has 5 nitrogen and oxygen atoms in total. The molecular formula is C19H16N4OS2. The number of nitrogens with zero attached hydrogens (tertiary/aromatic N) is 3. The Morgan fingerprint density at radius 2 is 2.04 bits per heavy atom. The molecular weight excluding hydrogens is 364 g/mol. The number of hydrogen-bond donors (Lipinski definition) is 1. The lowest BCUT2D eigenvalue weighted by Gasteiger charge is -2.06. The fourth-order valence-electron chi connectivity index (χ4n) is 2.69. The summed E-state index contributed by atoms with van der Waals surface area (Å²) in [7, 11) is 0. The fourth-order valence-corrected chi connectivity index (χ4v) is 4.26. The highest BCUT2D eigenvalue weighted by Gasteiger charge is 2.16. The van der Waals surface area contributed by atoms with Crippen molar-refractivity contribution in [2.75, 3.05) is 5.32 Å². The summed E-state index contributed by atoms with van der Waals surface area (Å²) < 4.78 is 5.07. The van der Waals surface area contributed by atoms with E-state index in [1.165, 1.54) is 0 Å². The molecule has 0 fully saturated rings. The molecule has 130 valence electrons. The highest BCUT2D eigenvalue weighted by molar-refractivity contribution is 7.21. The van der Waals surface area contributed by atoms with Gasteiger partial charge in [-0.1, -0.05) is 42.1 Å². The van der Waals surface area contributed by atoms with E-state index in [-0.39, 0.29) is 5.91 Å². The van der Waals surface area contributed by atoms with Gasteiger partial charge in [-0.3, -0.25) is 4.79 Å². The Labute approximate surface area is 158 Å². The Bertz CT molecular complexity index is 1040. The number of benzene rings is 2. The monoisotopic (exact) mass is 380 g/mol. The largest absolute Gasteiger partial charge is 0.321 e. The van der Waals surface area contributed by atoms with E-state index in [0.717, 1.165) is 56.5 Å². The quantitative estimate of drug-likeness (QED) is 0.528. The van der Waals surface area contributed by atoms with Gasteiger partial charge in [-0.25, -0.2) is 4.98 Å². The van der Waals surface area contributed by atoms with Crippen molar-refractivity contribution in [1.82, 2.24) is 14.6 Å². The third-order valence-electron chi connectivity index (χ3n) is 3.91. The van der Waals surface area contributed by atoms with Crippen LogP contribution in [0.25, 0.3) is 20.8 Å². The summed E-state index contributed by atoms with van der Waals surface area (Å²) in [5.74, 6) is -0.162. The Morgan fingerprint density at radius 1 is 1.15 bits per heavy atom. The molecule has 0 saturated carbocycles. The number of amides is 1. The van der Waals surface area contributed by atoms with Gasteiger partial charge >= 0.3 is 0 Å². The molecule has 1 amide bonds. The van der Waals surface area contributed by atoms with Crippen molar-refractivity contribution in [2.45, 2.75) is 19.8 Å². The average Bonchev–Trinajstić information content (AvgIpc) is 3.29. The van der Waals surface area contributed by atoms with E-state index < -0.39 is 0 Å². The maximum Gasteiger partial charge on any atom is 0.269 e. The lowest BCUT2D eigenvalue weighted by molar-refractivity contribution is 0.102. The minimum absolute atomic E-state index is 0.162. The van der Waals surface area contributed by atoms with Crippen LogP contribution in [0.15, 0.2) is 48.5 Å². The third-order valence-corrected chi connectivity index (χ3v) is 5.76. The Hall–Kier alpha value is -2.64. The smallest absolute Gasteiger partial charge is 0.269 e. The first-order valence-electron chi connectivity index (χ1n) is 8.33.